The summed E-state index contributed by atoms with van der Waals surface area (Å²) in [6, 6.07) is 15.0. The van der Waals surface area contributed by atoms with Crippen LogP contribution in [0.3, 0.4) is 0 Å². The lowest BCUT2D eigenvalue weighted by Gasteiger charge is -2.37. The normalized spacial score (nSPS) is 21.4. The zero-order valence-corrected chi connectivity index (χ0v) is 18.1. The van der Waals surface area contributed by atoms with Gasteiger partial charge in [-0.1, -0.05) is 6.07 Å². The van der Waals surface area contributed by atoms with Crippen molar-refractivity contribution in [2.75, 3.05) is 41.7 Å². The molecule has 0 radical (unpaired) electrons. The van der Waals surface area contributed by atoms with Crippen molar-refractivity contribution in [1.82, 2.24) is 14.9 Å². The second kappa shape index (κ2) is 7.60. The molecule has 2 bridgehead atoms. The molecular formula is C25H26N6O. The molecule has 4 heterocycles. The van der Waals surface area contributed by atoms with Crippen LogP contribution in [-0.4, -0.2) is 53.0 Å². The number of nitrogens with zero attached hydrogens (tertiary/aromatic N) is 4. The molecule has 3 aromatic rings. The number of carbonyl (C=O) groups excluding carboxylic acids is 1. The summed E-state index contributed by atoms with van der Waals surface area (Å²) in [4.78, 5) is 25.9. The predicted molar refractivity (Wildman–Crippen MR) is 126 cm³/mol. The average molecular weight is 427 g/mol. The number of benzene rings is 2. The highest BCUT2D eigenvalue weighted by Gasteiger charge is 2.33. The molecule has 0 spiro atoms. The van der Waals surface area contributed by atoms with E-state index in [0.29, 0.717) is 18.4 Å². The Hall–Kier alpha value is -3.45. The molecular weight excluding hydrogens is 400 g/mol. The maximum absolute atomic E-state index is 11.6. The Labute approximate surface area is 187 Å². The number of aromatic nitrogens is 2. The second-order valence-corrected chi connectivity index (χ2v) is 8.93. The number of fused-ring (bicyclic) bond motifs is 3. The van der Waals surface area contributed by atoms with Crippen LogP contribution in [0.5, 0.6) is 0 Å². The van der Waals surface area contributed by atoms with Gasteiger partial charge < -0.3 is 15.5 Å². The number of hydrogen-bond acceptors (Lipinski definition) is 6. The lowest BCUT2D eigenvalue weighted by molar-refractivity contribution is -0.115. The minimum atomic E-state index is 0.0378. The van der Waals surface area contributed by atoms with Gasteiger partial charge in [0.25, 0.3) is 0 Å². The summed E-state index contributed by atoms with van der Waals surface area (Å²) in [6.45, 7) is 6.85. The summed E-state index contributed by atoms with van der Waals surface area (Å²) < 4.78 is 0. The molecule has 0 saturated carbocycles. The average Bonchev–Trinajstić information content (AvgIpc) is 3.36. The molecule has 7 heteroatoms. The summed E-state index contributed by atoms with van der Waals surface area (Å²) in [5, 5.41) is 6.23. The topological polar surface area (TPSA) is 73.4 Å². The molecule has 2 fully saturated rings. The minimum Gasteiger partial charge on any atom is -0.366 e. The predicted octanol–water partition coefficient (Wildman–Crippen LogP) is 3.58. The van der Waals surface area contributed by atoms with Gasteiger partial charge in [0.15, 0.2) is 0 Å². The highest BCUT2D eigenvalue weighted by molar-refractivity contribution is 5.99. The number of rotatable bonds is 4. The van der Waals surface area contributed by atoms with Crippen LogP contribution in [0.1, 0.15) is 17.5 Å². The monoisotopic (exact) mass is 426 g/mol. The van der Waals surface area contributed by atoms with Crippen molar-refractivity contribution in [3.05, 3.63) is 59.8 Å². The third kappa shape index (κ3) is 3.48. The van der Waals surface area contributed by atoms with Gasteiger partial charge in [-0.25, -0.2) is 9.97 Å². The van der Waals surface area contributed by atoms with Gasteiger partial charge in [0.1, 0.15) is 0 Å². The van der Waals surface area contributed by atoms with Gasteiger partial charge in [-0.15, -0.1) is 0 Å². The smallest absolute Gasteiger partial charge is 0.228 e. The highest BCUT2D eigenvalue weighted by Crippen LogP contribution is 2.32. The lowest BCUT2D eigenvalue weighted by atomic mass is 10.1. The van der Waals surface area contributed by atoms with E-state index >= 15 is 0 Å². The van der Waals surface area contributed by atoms with Crippen LogP contribution >= 0.6 is 0 Å². The number of aryl methyl sites for hydroxylation is 1. The van der Waals surface area contributed by atoms with E-state index in [2.05, 4.69) is 50.5 Å². The minimum absolute atomic E-state index is 0.0378. The second-order valence-electron chi connectivity index (χ2n) is 8.93. The Kier molecular flexibility index (Phi) is 4.57. The lowest BCUT2D eigenvalue weighted by Crippen LogP contribution is -2.47. The van der Waals surface area contributed by atoms with Crippen molar-refractivity contribution in [3.63, 3.8) is 0 Å². The molecule has 2 aromatic carbocycles. The molecule has 3 aliphatic rings. The number of carbonyl (C=O) groups is 1. The van der Waals surface area contributed by atoms with Crippen molar-refractivity contribution >= 4 is 28.9 Å². The maximum atomic E-state index is 11.6. The summed E-state index contributed by atoms with van der Waals surface area (Å²) >= 11 is 0. The standard InChI is InChI=1S/C25H26N6O/c1-16-12-19(3-5-23(16)31-11-10-30-9-7-20(31)15-30)27-25-26-8-6-22(29-25)17-2-4-21-18(13-17)14-24(32)28-21/h2-6,8,12-13,20H,7,9-11,14-15H2,1H3,(H,28,32)(H,26,27,29). The Morgan fingerprint density at radius 2 is 2.03 bits per heavy atom. The number of nitrogens with one attached hydrogen (secondary N) is 2. The third-order valence-electron chi connectivity index (χ3n) is 6.79. The van der Waals surface area contributed by atoms with Crippen LogP contribution in [0.2, 0.25) is 0 Å². The van der Waals surface area contributed by atoms with Gasteiger partial charge in [-0.05, 0) is 60.9 Å². The summed E-state index contributed by atoms with van der Waals surface area (Å²) in [5.41, 5.74) is 7.29. The van der Waals surface area contributed by atoms with Gasteiger partial charge in [0.2, 0.25) is 11.9 Å². The van der Waals surface area contributed by atoms with E-state index in [1.54, 1.807) is 6.20 Å². The van der Waals surface area contributed by atoms with Crippen molar-refractivity contribution < 1.29 is 4.79 Å². The number of hydrogen-bond donors (Lipinski definition) is 2. The summed E-state index contributed by atoms with van der Waals surface area (Å²) in [7, 11) is 0. The fourth-order valence-electron chi connectivity index (χ4n) is 5.17. The van der Waals surface area contributed by atoms with Crippen LogP contribution in [0, 0.1) is 6.92 Å². The van der Waals surface area contributed by atoms with Crippen molar-refractivity contribution in [1.29, 1.82) is 0 Å². The first-order valence-corrected chi connectivity index (χ1v) is 11.3. The first-order valence-electron chi connectivity index (χ1n) is 11.3. The molecule has 32 heavy (non-hydrogen) atoms. The van der Waals surface area contributed by atoms with Crippen LogP contribution < -0.4 is 15.5 Å². The van der Waals surface area contributed by atoms with Crippen LogP contribution in [0.15, 0.2) is 48.7 Å². The molecule has 6 rings (SSSR count). The third-order valence-corrected chi connectivity index (χ3v) is 6.79. The molecule has 1 amide bonds. The Morgan fingerprint density at radius 3 is 2.94 bits per heavy atom. The number of anilines is 4. The zero-order chi connectivity index (χ0) is 21.7. The zero-order valence-electron chi connectivity index (χ0n) is 18.1. The molecule has 2 saturated heterocycles. The molecule has 2 unspecified atom stereocenters. The quantitative estimate of drug-likeness (QED) is 0.664. The van der Waals surface area contributed by atoms with Gasteiger partial charge in [-0.3, -0.25) is 9.69 Å². The van der Waals surface area contributed by atoms with Gasteiger partial charge >= 0.3 is 0 Å². The van der Waals surface area contributed by atoms with Gasteiger partial charge in [-0.2, -0.15) is 0 Å². The van der Waals surface area contributed by atoms with Gasteiger partial charge in [0.05, 0.1) is 12.1 Å². The van der Waals surface area contributed by atoms with Crippen molar-refractivity contribution in [2.45, 2.75) is 25.8 Å². The van der Waals surface area contributed by atoms with Crippen molar-refractivity contribution in [3.8, 4) is 11.3 Å². The fraction of sp³-hybridized carbons (Fsp3) is 0.320. The molecule has 7 nitrogen and oxygen atoms in total. The molecule has 2 N–H and O–H groups in total. The van der Waals surface area contributed by atoms with Crippen LogP contribution in [0.25, 0.3) is 11.3 Å². The fourth-order valence-corrected chi connectivity index (χ4v) is 5.17. The van der Waals surface area contributed by atoms with Crippen LogP contribution in [-0.2, 0) is 11.2 Å². The molecule has 3 aliphatic heterocycles. The first kappa shape index (κ1) is 19.3. The Balaban J connectivity index is 1.22. The number of piperazine rings is 1. The molecule has 1 aromatic heterocycles. The number of amides is 1. The van der Waals surface area contributed by atoms with E-state index in [-0.39, 0.29) is 5.91 Å². The summed E-state index contributed by atoms with van der Waals surface area (Å²) in [6.07, 6.45) is 3.44. The van der Waals surface area contributed by atoms with E-state index in [4.69, 9.17) is 4.98 Å². The van der Waals surface area contributed by atoms with Gasteiger partial charge in [0, 0.05) is 61.0 Å². The Bertz CT molecular complexity index is 1210. The summed E-state index contributed by atoms with van der Waals surface area (Å²) in [5.74, 6) is 0.601. The van der Waals surface area contributed by atoms with Crippen LogP contribution in [0.4, 0.5) is 23.0 Å². The molecule has 162 valence electrons. The van der Waals surface area contributed by atoms with E-state index in [1.807, 2.05) is 24.3 Å². The first-order chi connectivity index (χ1) is 15.6. The maximum Gasteiger partial charge on any atom is 0.228 e. The van der Waals surface area contributed by atoms with E-state index < -0.39 is 0 Å². The highest BCUT2D eigenvalue weighted by atomic mass is 16.1. The Morgan fingerprint density at radius 1 is 1.09 bits per heavy atom. The van der Waals surface area contributed by atoms with E-state index in [0.717, 1.165) is 41.3 Å². The molecule has 0 aliphatic carbocycles. The van der Waals surface area contributed by atoms with E-state index in [1.165, 1.54) is 30.8 Å². The SMILES string of the molecule is Cc1cc(Nc2nccc(-c3ccc4c(c3)CC(=O)N4)n2)ccc1N1CCN2CCC1C2. The molecule has 2 atom stereocenters. The van der Waals surface area contributed by atoms with Crippen molar-refractivity contribution in [2.24, 2.45) is 0 Å². The largest absolute Gasteiger partial charge is 0.366 e. The van der Waals surface area contributed by atoms with E-state index in [9.17, 15) is 4.79 Å².